The molecule has 1 amide bonds. The van der Waals surface area contributed by atoms with Crippen molar-refractivity contribution in [1.82, 2.24) is 10.2 Å². The molecule has 0 radical (unpaired) electrons. The van der Waals surface area contributed by atoms with Gasteiger partial charge in [0.2, 0.25) is 5.91 Å². The van der Waals surface area contributed by atoms with Gasteiger partial charge in [-0.05, 0) is 36.7 Å². The number of hydrogen-bond donors (Lipinski definition) is 1. The first-order valence-electron chi connectivity index (χ1n) is 7.89. The molecule has 2 rings (SSSR count). The Labute approximate surface area is 137 Å². The number of nitrogens with zero attached hydrogens (tertiary/aromatic N) is 1. The van der Waals surface area contributed by atoms with Crippen molar-refractivity contribution in [3.8, 4) is 0 Å². The van der Waals surface area contributed by atoms with Crippen molar-refractivity contribution in [2.24, 2.45) is 0 Å². The molecular formula is C19H23FN2O. The van der Waals surface area contributed by atoms with Crippen LogP contribution in [0.5, 0.6) is 0 Å². The maximum absolute atomic E-state index is 13.2. The molecule has 3 nitrogen and oxygen atoms in total. The fraction of sp³-hybridized carbons (Fsp3) is 0.316. The molecule has 0 aliphatic heterocycles. The van der Waals surface area contributed by atoms with Crippen LogP contribution >= 0.6 is 0 Å². The van der Waals surface area contributed by atoms with Crippen LogP contribution in [0.4, 0.5) is 4.39 Å². The van der Waals surface area contributed by atoms with E-state index >= 15 is 0 Å². The van der Waals surface area contributed by atoms with Crippen LogP contribution in [0.15, 0.2) is 54.6 Å². The van der Waals surface area contributed by atoms with E-state index in [0.29, 0.717) is 13.1 Å². The minimum atomic E-state index is -0.249. The summed E-state index contributed by atoms with van der Waals surface area (Å²) in [6.07, 6.45) is 0. The zero-order valence-electron chi connectivity index (χ0n) is 13.6. The third-order valence-electron chi connectivity index (χ3n) is 3.79. The SMILES string of the molecule is CCN(CC(=O)NC(C)c1ccccc1)Cc1cccc(F)c1. The van der Waals surface area contributed by atoms with Gasteiger partial charge < -0.3 is 5.32 Å². The van der Waals surface area contributed by atoms with Gasteiger partial charge in [0.25, 0.3) is 0 Å². The van der Waals surface area contributed by atoms with E-state index in [1.54, 1.807) is 6.07 Å². The van der Waals surface area contributed by atoms with Crippen LogP contribution in [0.2, 0.25) is 0 Å². The summed E-state index contributed by atoms with van der Waals surface area (Å²) in [6, 6.07) is 16.3. The molecule has 0 aliphatic rings. The molecule has 122 valence electrons. The first kappa shape index (κ1) is 17.2. The van der Waals surface area contributed by atoms with Crippen LogP contribution in [0, 0.1) is 5.82 Å². The predicted octanol–water partition coefficient (Wildman–Crippen LogP) is 3.53. The van der Waals surface area contributed by atoms with E-state index in [9.17, 15) is 9.18 Å². The van der Waals surface area contributed by atoms with Gasteiger partial charge in [-0.25, -0.2) is 4.39 Å². The number of rotatable bonds is 7. The highest BCUT2D eigenvalue weighted by atomic mass is 19.1. The molecule has 0 heterocycles. The summed E-state index contributed by atoms with van der Waals surface area (Å²) >= 11 is 0. The largest absolute Gasteiger partial charge is 0.348 e. The van der Waals surface area contributed by atoms with Gasteiger partial charge in [0.05, 0.1) is 12.6 Å². The highest BCUT2D eigenvalue weighted by Gasteiger charge is 2.13. The number of carbonyl (C=O) groups excluding carboxylic acids is 1. The van der Waals surface area contributed by atoms with Crippen molar-refractivity contribution in [2.45, 2.75) is 26.4 Å². The third-order valence-corrected chi connectivity index (χ3v) is 3.79. The van der Waals surface area contributed by atoms with Gasteiger partial charge in [0.1, 0.15) is 5.82 Å². The van der Waals surface area contributed by atoms with E-state index in [1.165, 1.54) is 12.1 Å². The lowest BCUT2D eigenvalue weighted by Gasteiger charge is -2.22. The number of nitrogens with one attached hydrogen (secondary N) is 1. The van der Waals surface area contributed by atoms with Crippen molar-refractivity contribution in [3.05, 3.63) is 71.5 Å². The quantitative estimate of drug-likeness (QED) is 0.848. The Hall–Kier alpha value is -2.20. The first-order valence-corrected chi connectivity index (χ1v) is 7.89. The molecule has 0 saturated carbocycles. The second kappa shape index (κ2) is 8.44. The van der Waals surface area contributed by atoms with Crippen LogP contribution in [0.1, 0.15) is 31.0 Å². The number of halogens is 1. The lowest BCUT2D eigenvalue weighted by molar-refractivity contribution is -0.123. The van der Waals surface area contributed by atoms with Gasteiger partial charge in [-0.3, -0.25) is 9.69 Å². The fourth-order valence-electron chi connectivity index (χ4n) is 2.49. The highest BCUT2D eigenvalue weighted by Crippen LogP contribution is 2.11. The van der Waals surface area contributed by atoms with Crippen molar-refractivity contribution >= 4 is 5.91 Å². The summed E-state index contributed by atoms with van der Waals surface area (Å²) in [6.45, 7) is 5.54. The Morgan fingerprint density at radius 1 is 1.17 bits per heavy atom. The summed E-state index contributed by atoms with van der Waals surface area (Å²) in [7, 11) is 0. The lowest BCUT2D eigenvalue weighted by Crippen LogP contribution is -2.38. The average Bonchev–Trinajstić information content (AvgIpc) is 2.55. The molecule has 0 saturated heterocycles. The maximum Gasteiger partial charge on any atom is 0.234 e. The molecule has 1 atom stereocenters. The molecule has 0 aliphatic carbocycles. The standard InChI is InChI=1S/C19H23FN2O/c1-3-22(13-16-8-7-11-18(20)12-16)14-19(23)21-15(2)17-9-5-4-6-10-17/h4-12,15H,3,13-14H2,1-2H3,(H,21,23). The van der Waals surface area contributed by atoms with Crippen LogP contribution < -0.4 is 5.32 Å². The second-order valence-electron chi connectivity index (χ2n) is 5.63. The molecule has 2 aromatic rings. The summed E-state index contributed by atoms with van der Waals surface area (Å²) in [4.78, 5) is 14.2. The Kier molecular flexibility index (Phi) is 6.29. The van der Waals surface area contributed by atoms with Crippen LogP contribution in [-0.2, 0) is 11.3 Å². The summed E-state index contributed by atoms with van der Waals surface area (Å²) < 4.78 is 13.2. The molecular weight excluding hydrogens is 291 g/mol. The molecule has 4 heteroatoms. The molecule has 0 fully saturated rings. The smallest absolute Gasteiger partial charge is 0.234 e. The average molecular weight is 314 g/mol. The number of benzene rings is 2. The monoisotopic (exact) mass is 314 g/mol. The third kappa shape index (κ3) is 5.49. The fourth-order valence-corrected chi connectivity index (χ4v) is 2.49. The van der Waals surface area contributed by atoms with Gasteiger partial charge in [-0.1, -0.05) is 49.4 Å². The van der Waals surface area contributed by atoms with E-state index in [-0.39, 0.29) is 17.8 Å². The van der Waals surface area contributed by atoms with E-state index in [1.807, 2.05) is 55.1 Å². The molecule has 0 spiro atoms. The first-order chi connectivity index (χ1) is 11.1. The number of carbonyl (C=O) groups is 1. The van der Waals surface area contributed by atoms with Gasteiger partial charge in [-0.15, -0.1) is 0 Å². The van der Waals surface area contributed by atoms with E-state index < -0.39 is 0 Å². The predicted molar refractivity (Wildman–Crippen MR) is 90.4 cm³/mol. The molecule has 2 aromatic carbocycles. The van der Waals surface area contributed by atoms with E-state index in [4.69, 9.17) is 0 Å². The van der Waals surface area contributed by atoms with E-state index in [0.717, 1.165) is 17.7 Å². The van der Waals surface area contributed by atoms with Crippen LogP contribution in [0.25, 0.3) is 0 Å². The topological polar surface area (TPSA) is 32.3 Å². The number of hydrogen-bond acceptors (Lipinski definition) is 2. The molecule has 0 aromatic heterocycles. The molecule has 23 heavy (non-hydrogen) atoms. The number of amides is 1. The maximum atomic E-state index is 13.2. The van der Waals surface area contributed by atoms with Gasteiger partial charge >= 0.3 is 0 Å². The van der Waals surface area contributed by atoms with Crippen molar-refractivity contribution in [1.29, 1.82) is 0 Å². The van der Waals surface area contributed by atoms with Gasteiger partial charge in [0.15, 0.2) is 0 Å². The summed E-state index contributed by atoms with van der Waals surface area (Å²) in [5.74, 6) is -0.277. The van der Waals surface area contributed by atoms with Gasteiger partial charge in [-0.2, -0.15) is 0 Å². The van der Waals surface area contributed by atoms with Crippen LogP contribution in [-0.4, -0.2) is 23.9 Å². The van der Waals surface area contributed by atoms with E-state index in [2.05, 4.69) is 5.32 Å². The Morgan fingerprint density at radius 3 is 2.57 bits per heavy atom. The van der Waals surface area contributed by atoms with Crippen LogP contribution in [0.3, 0.4) is 0 Å². The zero-order valence-corrected chi connectivity index (χ0v) is 13.6. The Balaban J connectivity index is 1.89. The Morgan fingerprint density at radius 2 is 1.91 bits per heavy atom. The molecule has 0 bridgehead atoms. The highest BCUT2D eigenvalue weighted by molar-refractivity contribution is 5.78. The number of likely N-dealkylation sites (N-methyl/N-ethyl adjacent to an activating group) is 1. The van der Waals surface area contributed by atoms with Gasteiger partial charge in [0, 0.05) is 6.54 Å². The van der Waals surface area contributed by atoms with Crippen molar-refractivity contribution in [2.75, 3.05) is 13.1 Å². The minimum absolute atomic E-state index is 0.0281. The van der Waals surface area contributed by atoms with Crippen molar-refractivity contribution < 1.29 is 9.18 Å². The van der Waals surface area contributed by atoms with Crippen molar-refractivity contribution in [3.63, 3.8) is 0 Å². The second-order valence-corrected chi connectivity index (χ2v) is 5.63. The summed E-state index contributed by atoms with van der Waals surface area (Å²) in [5, 5.41) is 3.00. The molecule has 1 N–H and O–H groups in total. The normalized spacial score (nSPS) is 12.2. The molecule has 1 unspecified atom stereocenters. The lowest BCUT2D eigenvalue weighted by atomic mass is 10.1. The Bertz CT molecular complexity index is 630. The zero-order chi connectivity index (χ0) is 16.7. The minimum Gasteiger partial charge on any atom is -0.348 e. The summed E-state index contributed by atoms with van der Waals surface area (Å²) in [5.41, 5.74) is 1.95.